The molecule has 0 bridgehead atoms. The Balaban J connectivity index is 1.63. The summed E-state index contributed by atoms with van der Waals surface area (Å²) in [5.74, 6) is -0.429. The van der Waals surface area contributed by atoms with Gasteiger partial charge >= 0.3 is 0 Å². The van der Waals surface area contributed by atoms with E-state index in [2.05, 4.69) is 10.6 Å². The van der Waals surface area contributed by atoms with Crippen molar-refractivity contribution in [1.29, 1.82) is 0 Å². The molecule has 8 nitrogen and oxygen atoms in total. The van der Waals surface area contributed by atoms with Crippen molar-refractivity contribution in [2.75, 3.05) is 31.2 Å². The highest BCUT2D eigenvalue weighted by Crippen LogP contribution is 2.30. The van der Waals surface area contributed by atoms with Crippen LogP contribution < -0.4 is 20.3 Å². The lowest BCUT2D eigenvalue weighted by Gasteiger charge is -2.32. The lowest BCUT2D eigenvalue weighted by molar-refractivity contribution is -0.126. The van der Waals surface area contributed by atoms with Crippen LogP contribution in [0.4, 0.5) is 5.69 Å². The summed E-state index contributed by atoms with van der Waals surface area (Å²) in [5.41, 5.74) is 1.17. The first-order chi connectivity index (χ1) is 18.1. The number of hydrogen-bond acceptors (Lipinski definition) is 6. The molecule has 2 aromatic carbocycles. The Kier molecular flexibility index (Phi) is 9.29. The second kappa shape index (κ2) is 13.0. The van der Waals surface area contributed by atoms with Crippen molar-refractivity contribution in [3.05, 3.63) is 82.6 Å². The monoisotopic (exact) mass is 521 g/mol. The lowest BCUT2D eigenvalue weighted by atomic mass is 10.0. The van der Waals surface area contributed by atoms with Gasteiger partial charge in [-0.1, -0.05) is 36.4 Å². The molecule has 9 heteroatoms. The van der Waals surface area contributed by atoms with Crippen LogP contribution in [0.15, 0.2) is 72.1 Å². The highest BCUT2D eigenvalue weighted by atomic mass is 32.1. The number of hydrogen-bond donors (Lipinski definition) is 2. The molecule has 0 spiro atoms. The SMILES string of the molecule is CCOc1ccc(N(C(=O)CNC(=O)c2cccs2)C(C(=O)NCC2CCCO2)c2ccccc2)cc1. The van der Waals surface area contributed by atoms with Crippen LogP contribution in [0, 0.1) is 0 Å². The number of thiophene rings is 1. The maximum absolute atomic E-state index is 13.7. The predicted molar refractivity (Wildman–Crippen MR) is 143 cm³/mol. The van der Waals surface area contributed by atoms with Crippen LogP contribution >= 0.6 is 11.3 Å². The molecule has 2 atom stereocenters. The summed E-state index contributed by atoms with van der Waals surface area (Å²) >= 11 is 1.29. The second-order valence-corrected chi connectivity index (χ2v) is 9.49. The molecule has 1 aliphatic rings. The standard InChI is InChI=1S/C28H31N3O5S/c1-2-35-22-14-12-21(13-15-22)31(25(32)19-30-27(33)24-11-7-17-37-24)26(20-8-4-3-5-9-20)28(34)29-18-23-10-6-16-36-23/h3-5,7-9,11-15,17,23,26H,2,6,10,16,18-19H2,1H3,(H,29,34)(H,30,33). The van der Waals surface area contributed by atoms with Crippen LogP contribution in [0.3, 0.4) is 0 Å². The third-order valence-corrected chi connectivity index (χ3v) is 6.86. The van der Waals surface area contributed by atoms with Gasteiger partial charge in [0.25, 0.3) is 5.91 Å². The van der Waals surface area contributed by atoms with Gasteiger partial charge in [-0.05, 0) is 61.0 Å². The minimum atomic E-state index is -0.952. The van der Waals surface area contributed by atoms with Gasteiger partial charge in [0.05, 0.1) is 24.1 Å². The summed E-state index contributed by atoms with van der Waals surface area (Å²) in [6.45, 7) is 3.18. The zero-order valence-corrected chi connectivity index (χ0v) is 21.5. The van der Waals surface area contributed by atoms with E-state index in [0.717, 1.165) is 12.8 Å². The van der Waals surface area contributed by atoms with Crippen molar-refractivity contribution in [2.24, 2.45) is 0 Å². The summed E-state index contributed by atoms with van der Waals surface area (Å²) in [4.78, 5) is 41.8. The molecule has 1 aliphatic heterocycles. The Morgan fingerprint density at radius 2 is 1.84 bits per heavy atom. The average Bonchev–Trinajstić information content (AvgIpc) is 3.65. The third kappa shape index (κ3) is 6.96. The van der Waals surface area contributed by atoms with E-state index in [1.165, 1.54) is 16.2 Å². The Bertz CT molecular complexity index is 1160. The van der Waals surface area contributed by atoms with E-state index in [1.54, 1.807) is 41.8 Å². The summed E-state index contributed by atoms with van der Waals surface area (Å²) in [5, 5.41) is 7.47. The number of rotatable bonds is 11. The van der Waals surface area contributed by atoms with E-state index in [1.807, 2.05) is 37.3 Å². The Labute approximate surface area is 220 Å². The van der Waals surface area contributed by atoms with E-state index in [-0.39, 0.29) is 24.5 Å². The number of anilines is 1. The number of nitrogens with zero attached hydrogens (tertiary/aromatic N) is 1. The van der Waals surface area contributed by atoms with Crippen molar-refractivity contribution in [2.45, 2.75) is 31.9 Å². The number of ether oxygens (including phenoxy) is 2. The van der Waals surface area contributed by atoms with Gasteiger partial charge in [0.15, 0.2) is 0 Å². The molecule has 2 N–H and O–H groups in total. The number of carbonyl (C=O) groups excluding carboxylic acids is 3. The van der Waals surface area contributed by atoms with Crippen molar-refractivity contribution in [3.63, 3.8) is 0 Å². The van der Waals surface area contributed by atoms with Gasteiger partial charge in [0, 0.05) is 18.8 Å². The van der Waals surface area contributed by atoms with Crippen molar-refractivity contribution < 1.29 is 23.9 Å². The molecule has 3 aromatic rings. The normalized spacial score (nSPS) is 15.5. The Morgan fingerprint density at radius 1 is 1.05 bits per heavy atom. The summed E-state index contributed by atoms with van der Waals surface area (Å²) in [7, 11) is 0. The second-order valence-electron chi connectivity index (χ2n) is 8.54. The van der Waals surface area contributed by atoms with E-state index in [4.69, 9.17) is 9.47 Å². The van der Waals surface area contributed by atoms with Gasteiger partial charge in [-0.3, -0.25) is 19.3 Å². The molecular weight excluding hydrogens is 490 g/mol. The van der Waals surface area contributed by atoms with Gasteiger partial charge in [0.1, 0.15) is 11.8 Å². The van der Waals surface area contributed by atoms with Crippen molar-refractivity contribution >= 4 is 34.7 Å². The average molecular weight is 522 g/mol. The minimum absolute atomic E-state index is 0.0416. The molecule has 1 fully saturated rings. The summed E-state index contributed by atoms with van der Waals surface area (Å²) in [6.07, 6.45) is 1.80. The molecule has 4 rings (SSSR count). The van der Waals surface area contributed by atoms with E-state index >= 15 is 0 Å². The van der Waals surface area contributed by atoms with Gasteiger partial charge in [0.2, 0.25) is 11.8 Å². The van der Waals surface area contributed by atoms with E-state index < -0.39 is 11.9 Å². The maximum Gasteiger partial charge on any atom is 0.261 e. The van der Waals surface area contributed by atoms with Gasteiger partial charge < -0.3 is 20.1 Å². The summed E-state index contributed by atoms with van der Waals surface area (Å²) < 4.78 is 11.2. The van der Waals surface area contributed by atoms with Gasteiger partial charge in [-0.25, -0.2) is 0 Å². The highest BCUT2D eigenvalue weighted by molar-refractivity contribution is 7.12. The fourth-order valence-electron chi connectivity index (χ4n) is 4.21. The highest BCUT2D eigenvalue weighted by Gasteiger charge is 2.33. The maximum atomic E-state index is 13.7. The zero-order chi connectivity index (χ0) is 26.0. The summed E-state index contributed by atoms with van der Waals surface area (Å²) in [6, 6.07) is 18.7. The van der Waals surface area contributed by atoms with Crippen molar-refractivity contribution in [3.8, 4) is 5.75 Å². The number of nitrogens with one attached hydrogen (secondary N) is 2. The molecule has 194 valence electrons. The van der Waals surface area contributed by atoms with E-state index in [0.29, 0.717) is 41.6 Å². The molecule has 0 aliphatic carbocycles. The minimum Gasteiger partial charge on any atom is -0.494 e. The fourth-order valence-corrected chi connectivity index (χ4v) is 4.85. The Hall–Kier alpha value is -3.69. The van der Waals surface area contributed by atoms with Gasteiger partial charge in [-0.15, -0.1) is 11.3 Å². The largest absolute Gasteiger partial charge is 0.494 e. The zero-order valence-electron chi connectivity index (χ0n) is 20.7. The fraction of sp³-hybridized carbons (Fsp3) is 0.321. The van der Waals surface area contributed by atoms with Crippen LogP contribution in [0.1, 0.15) is 41.0 Å². The third-order valence-electron chi connectivity index (χ3n) is 5.99. The molecule has 2 unspecified atom stereocenters. The van der Waals surface area contributed by atoms with Crippen LogP contribution in [0.2, 0.25) is 0 Å². The topological polar surface area (TPSA) is 97.0 Å². The van der Waals surface area contributed by atoms with Crippen LogP contribution in [-0.4, -0.2) is 50.1 Å². The smallest absolute Gasteiger partial charge is 0.261 e. The molecule has 1 aromatic heterocycles. The molecule has 1 saturated heterocycles. The predicted octanol–water partition coefficient (Wildman–Crippen LogP) is 3.95. The molecule has 0 saturated carbocycles. The Morgan fingerprint density at radius 3 is 2.49 bits per heavy atom. The number of carbonyl (C=O) groups is 3. The van der Waals surface area contributed by atoms with Crippen LogP contribution in [-0.2, 0) is 14.3 Å². The molecule has 2 heterocycles. The van der Waals surface area contributed by atoms with Gasteiger partial charge in [-0.2, -0.15) is 0 Å². The lowest BCUT2D eigenvalue weighted by Crippen LogP contribution is -2.48. The first-order valence-corrected chi connectivity index (χ1v) is 13.3. The first-order valence-electron chi connectivity index (χ1n) is 12.4. The molecule has 3 amide bonds. The number of amides is 3. The van der Waals surface area contributed by atoms with E-state index in [9.17, 15) is 14.4 Å². The number of benzene rings is 2. The quantitative estimate of drug-likeness (QED) is 0.398. The molecule has 37 heavy (non-hydrogen) atoms. The van der Waals surface area contributed by atoms with Crippen LogP contribution in [0.5, 0.6) is 5.75 Å². The van der Waals surface area contributed by atoms with Crippen molar-refractivity contribution in [1.82, 2.24) is 10.6 Å². The molecule has 0 radical (unpaired) electrons. The first kappa shape index (κ1) is 26.4. The van der Waals surface area contributed by atoms with Crippen LogP contribution in [0.25, 0.3) is 0 Å². The molecular formula is C28H31N3O5S.